The number of rotatable bonds is 4. The van der Waals surface area contributed by atoms with Crippen LogP contribution in [0.5, 0.6) is 0 Å². The van der Waals surface area contributed by atoms with Crippen LogP contribution in [-0.4, -0.2) is 58.2 Å². The van der Waals surface area contributed by atoms with Crippen molar-refractivity contribution in [3.63, 3.8) is 0 Å². The van der Waals surface area contributed by atoms with Crippen molar-refractivity contribution < 1.29 is 9.90 Å². The Morgan fingerprint density at radius 3 is 2.87 bits per heavy atom. The van der Waals surface area contributed by atoms with Crippen molar-refractivity contribution in [2.24, 2.45) is 0 Å². The monoisotopic (exact) mass is 332 g/mol. The Bertz CT molecular complexity index is 690. The van der Waals surface area contributed by atoms with Crippen molar-refractivity contribution in [2.75, 3.05) is 31.6 Å². The molecule has 23 heavy (non-hydrogen) atoms. The molecular weight excluding hydrogens is 312 g/mol. The van der Waals surface area contributed by atoms with E-state index < -0.39 is 5.60 Å². The summed E-state index contributed by atoms with van der Waals surface area (Å²) in [7, 11) is 1.73. The van der Waals surface area contributed by atoms with Crippen LogP contribution < -0.4 is 4.90 Å². The van der Waals surface area contributed by atoms with E-state index in [2.05, 4.69) is 9.97 Å². The molecule has 0 aliphatic carbocycles. The third-order valence-electron chi connectivity index (χ3n) is 3.99. The van der Waals surface area contributed by atoms with Gasteiger partial charge in [-0.25, -0.2) is 9.97 Å². The maximum absolute atomic E-state index is 12.4. The number of amides is 1. The molecule has 0 spiro atoms. The Morgan fingerprint density at radius 2 is 2.22 bits per heavy atom. The SMILES string of the molecule is Cc1csc(C(=O)N(C)C[C@@]2(O)CCN(c3ncccn3)C2)c1. The minimum Gasteiger partial charge on any atom is -0.386 e. The summed E-state index contributed by atoms with van der Waals surface area (Å²) in [6.45, 7) is 3.38. The number of β-amino-alcohol motifs (C(OH)–C–C–N with tert-alkyl or cyclic N) is 1. The summed E-state index contributed by atoms with van der Waals surface area (Å²) in [4.78, 5) is 25.1. The van der Waals surface area contributed by atoms with Gasteiger partial charge in [0.15, 0.2) is 0 Å². The normalized spacial score (nSPS) is 20.7. The van der Waals surface area contributed by atoms with Gasteiger partial charge in [0.25, 0.3) is 5.91 Å². The fourth-order valence-electron chi connectivity index (χ4n) is 2.86. The van der Waals surface area contributed by atoms with Crippen LogP contribution in [0.2, 0.25) is 0 Å². The van der Waals surface area contributed by atoms with E-state index >= 15 is 0 Å². The first-order valence-corrected chi connectivity index (χ1v) is 8.40. The lowest BCUT2D eigenvalue weighted by Crippen LogP contribution is -2.45. The Kier molecular flexibility index (Phi) is 4.32. The van der Waals surface area contributed by atoms with Crippen LogP contribution in [0.4, 0.5) is 5.95 Å². The molecule has 1 fully saturated rings. The molecule has 122 valence electrons. The lowest BCUT2D eigenvalue weighted by atomic mass is 10.0. The molecule has 0 bridgehead atoms. The van der Waals surface area contributed by atoms with E-state index in [0.29, 0.717) is 36.9 Å². The predicted molar refractivity (Wildman–Crippen MR) is 89.8 cm³/mol. The summed E-state index contributed by atoms with van der Waals surface area (Å²) in [5.74, 6) is 0.567. The van der Waals surface area contributed by atoms with E-state index in [1.807, 2.05) is 23.3 Å². The number of aromatic nitrogens is 2. The summed E-state index contributed by atoms with van der Waals surface area (Å²) in [6.07, 6.45) is 3.97. The zero-order valence-electron chi connectivity index (χ0n) is 13.3. The standard InChI is InChI=1S/C16H20N4O2S/c1-12-8-13(23-9-12)14(21)19(2)10-16(22)4-7-20(11-16)15-17-5-3-6-18-15/h3,5-6,8-9,22H,4,7,10-11H2,1-2H3/t16-/m0/s1. The van der Waals surface area contributed by atoms with E-state index in [9.17, 15) is 9.90 Å². The molecule has 6 nitrogen and oxygen atoms in total. The molecule has 3 rings (SSSR count). The summed E-state index contributed by atoms with van der Waals surface area (Å²) < 4.78 is 0. The second-order valence-electron chi connectivity index (χ2n) is 6.09. The summed E-state index contributed by atoms with van der Waals surface area (Å²) >= 11 is 1.44. The van der Waals surface area contributed by atoms with E-state index in [1.54, 1.807) is 30.4 Å². The van der Waals surface area contributed by atoms with Crippen molar-refractivity contribution in [1.29, 1.82) is 0 Å². The van der Waals surface area contributed by atoms with Crippen molar-refractivity contribution in [2.45, 2.75) is 18.9 Å². The van der Waals surface area contributed by atoms with Gasteiger partial charge in [0.2, 0.25) is 5.95 Å². The number of nitrogens with zero attached hydrogens (tertiary/aromatic N) is 4. The number of anilines is 1. The highest BCUT2D eigenvalue weighted by Gasteiger charge is 2.39. The van der Waals surface area contributed by atoms with Crippen molar-refractivity contribution >= 4 is 23.2 Å². The summed E-state index contributed by atoms with van der Waals surface area (Å²) in [5.41, 5.74) is 0.148. The van der Waals surface area contributed by atoms with Gasteiger partial charge in [0.1, 0.15) is 5.60 Å². The molecule has 3 heterocycles. The molecular formula is C16H20N4O2S. The predicted octanol–water partition coefficient (Wildman–Crippen LogP) is 1.56. The molecule has 2 aromatic rings. The second-order valence-corrected chi connectivity index (χ2v) is 7.01. The summed E-state index contributed by atoms with van der Waals surface area (Å²) in [5, 5.41) is 12.8. The van der Waals surface area contributed by atoms with Gasteiger partial charge in [-0.05, 0) is 36.4 Å². The molecule has 0 radical (unpaired) electrons. The number of thiophene rings is 1. The van der Waals surface area contributed by atoms with Crippen molar-refractivity contribution in [3.05, 3.63) is 40.3 Å². The molecule has 1 aliphatic heterocycles. The van der Waals surface area contributed by atoms with Crippen LogP contribution in [0.25, 0.3) is 0 Å². The fraction of sp³-hybridized carbons (Fsp3) is 0.438. The third kappa shape index (κ3) is 3.51. The lowest BCUT2D eigenvalue weighted by Gasteiger charge is -2.28. The van der Waals surface area contributed by atoms with E-state index in [1.165, 1.54) is 11.3 Å². The molecule has 1 amide bonds. The number of hydrogen-bond acceptors (Lipinski definition) is 6. The molecule has 1 N–H and O–H groups in total. The van der Waals surface area contributed by atoms with Gasteiger partial charge in [-0.15, -0.1) is 11.3 Å². The zero-order valence-corrected chi connectivity index (χ0v) is 14.1. The average Bonchev–Trinajstić information content (AvgIpc) is 3.14. The lowest BCUT2D eigenvalue weighted by molar-refractivity contribution is 0.0266. The average molecular weight is 332 g/mol. The molecule has 0 saturated carbocycles. The number of carbonyl (C=O) groups is 1. The topological polar surface area (TPSA) is 69.6 Å². The molecule has 1 aliphatic rings. The molecule has 2 aromatic heterocycles. The van der Waals surface area contributed by atoms with E-state index in [4.69, 9.17) is 0 Å². The van der Waals surface area contributed by atoms with Crippen LogP contribution in [0.15, 0.2) is 29.9 Å². The Balaban J connectivity index is 1.64. The Hall–Kier alpha value is -1.99. The largest absolute Gasteiger partial charge is 0.386 e. The van der Waals surface area contributed by atoms with Gasteiger partial charge < -0.3 is 14.9 Å². The highest BCUT2D eigenvalue weighted by atomic mass is 32.1. The van der Waals surface area contributed by atoms with Gasteiger partial charge in [0, 0.05) is 26.0 Å². The van der Waals surface area contributed by atoms with Crippen LogP contribution >= 0.6 is 11.3 Å². The molecule has 7 heteroatoms. The number of carbonyl (C=O) groups excluding carboxylic acids is 1. The maximum atomic E-state index is 12.4. The van der Waals surface area contributed by atoms with E-state index in [-0.39, 0.29) is 5.91 Å². The molecule has 1 saturated heterocycles. The van der Waals surface area contributed by atoms with Crippen LogP contribution in [-0.2, 0) is 0 Å². The quantitative estimate of drug-likeness (QED) is 0.920. The fourth-order valence-corrected chi connectivity index (χ4v) is 3.75. The number of hydrogen-bond donors (Lipinski definition) is 1. The molecule has 0 aromatic carbocycles. The van der Waals surface area contributed by atoms with Gasteiger partial charge in [-0.2, -0.15) is 0 Å². The van der Waals surface area contributed by atoms with E-state index in [0.717, 1.165) is 5.56 Å². The Labute approximate surface area is 139 Å². The minimum absolute atomic E-state index is 0.0501. The first-order valence-electron chi connectivity index (χ1n) is 7.52. The van der Waals surface area contributed by atoms with Crippen molar-refractivity contribution in [1.82, 2.24) is 14.9 Å². The van der Waals surface area contributed by atoms with Crippen LogP contribution in [0, 0.1) is 6.92 Å². The number of aryl methyl sites for hydroxylation is 1. The Morgan fingerprint density at radius 1 is 1.48 bits per heavy atom. The maximum Gasteiger partial charge on any atom is 0.263 e. The van der Waals surface area contributed by atoms with Gasteiger partial charge in [-0.3, -0.25) is 4.79 Å². The minimum atomic E-state index is -0.935. The smallest absolute Gasteiger partial charge is 0.263 e. The molecule has 0 unspecified atom stereocenters. The van der Waals surface area contributed by atoms with Crippen molar-refractivity contribution in [3.8, 4) is 0 Å². The number of aliphatic hydroxyl groups is 1. The summed E-state index contributed by atoms with van der Waals surface area (Å²) in [6, 6.07) is 3.65. The second kappa shape index (κ2) is 6.25. The van der Waals surface area contributed by atoms with Crippen LogP contribution in [0.1, 0.15) is 21.7 Å². The van der Waals surface area contributed by atoms with Gasteiger partial charge >= 0.3 is 0 Å². The number of likely N-dealkylation sites (N-methyl/N-ethyl adjacent to an activating group) is 1. The molecule has 1 atom stereocenters. The zero-order chi connectivity index (χ0) is 16.4. The van der Waals surface area contributed by atoms with Gasteiger partial charge in [0.05, 0.1) is 18.0 Å². The first-order chi connectivity index (χ1) is 11.0. The first kappa shape index (κ1) is 15.9. The third-order valence-corrected chi connectivity index (χ3v) is 5.02. The highest BCUT2D eigenvalue weighted by Crippen LogP contribution is 2.26. The van der Waals surface area contributed by atoms with Crippen LogP contribution in [0.3, 0.4) is 0 Å². The van der Waals surface area contributed by atoms with Gasteiger partial charge in [-0.1, -0.05) is 0 Å². The highest BCUT2D eigenvalue weighted by molar-refractivity contribution is 7.12.